The minimum absolute atomic E-state index is 0.243. The molecule has 0 spiro atoms. The molecule has 2 N–H and O–H groups in total. The Kier molecular flexibility index (Phi) is 3.50. The van der Waals surface area contributed by atoms with Gasteiger partial charge >= 0.3 is 0 Å². The number of benzene rings is 1. The molecule has 0 aromatic heterocycles. The van der Waals surface area contributed by atoms with E-state index >= 15 is 0 Å². The predicted octanol–water partition coefficient (Wildman–Crippen LogP) is 2.19. The van der Waals surface area contributed by atoms with Gasteiger partial charge in [-0.3, -0.25) is 9.59 Å². The summed E-state index contributed by atoms with van der Waals surface area (Å²) in [6.07, 6.45) is 2.54. The second kappa shape index (κ2) is 4.92. The summed E-state index contributed by atoms with van der Waals surface area (Å²) in [4.78, 5) is 23.1. The van der Waals surface area contributed by atoms with Crippen LogP contribution >= 0.6 is 0 Å². The van der Waals surface area contributed by atoms with E-state index < -0.39 is 0 Å². The van der Waals surface area contributed by atoms with Crippen LogP contribution in [0.15, 0.2) is 30.3 Å². The van der Waals surface area contributed by atoms with E-state index in [1.54, 1.807) is 0 Å². The molecule has 0 bridgehead atoms. The maximum Gasteiger partial charge on any atom is 0.221 e. The van der Waals surface area contributed by atoms with Crippen LogP contribution in [0.2, 0.25) is 0 Å². The number of hydrogen-bond donors (Lipinski definition) is 1. The van der Waals surface area contributed by atoms with Crippen LogP contribution in [-0.2, 0) is 15.0 Å². The van der Waals surface area contributed by atoms with Gasteiger partial charge in [0.25, 0.3) is 0 Å². The Morgan fingerprint density at radius 2 is 1.78 bits per heavy atom. The zero-order chi connectivity index (χ0) is 13.2. The maximum atomic E-state index is 11.6. The molecule has 0 aliphatic heterocycles. The van der Waals surface area contributed by atoms with Crippen molar-refractivity contribution < 1.29 is 9.59 Å². The molecular formula is C15H19NO2. The number of amides is 1. The maximum absolute atomic E-state index is 11.6. The topological polar surface area (TPSA) is 60.2 Å². The van der Waals surface area contributed by atoms with Gasteiger partial charge in [0.15, 0.2) is 0 Å². The molecule has 1 atom stereocenters. The number of Topliss-reactive ketones (excluding diaryl/α,β-unsaturated/α-hetero) is 1. The van der Waals surface area contributed by atoms with Crippen molar-refractivity contribution in [2.45, 2.75) is 38.0 Å². The lowest BCUT2D eigenvalue weighted by Gasteiger charge is -2.41. The zero-order valence-corrected chi connectivity index (χ0v) is 10.7. The Hall–Kier alpha value is -1.64. The fraction of sp³-hybridized carbons (Fsp3) is 0.467. The number of rotatable bonds is 3. The molecule has 3 nitrogen and oxygen atoms in total. The zero-order valence-electron chi connectivity index (χ0n) is 10.7. The van der Waals surface area contributed by atoms with Crippen LogP contribution in [0.25, 0.3) is 0 Å². The minimum Gasteiger partial charge on any atom is -0.369 e. The lowest BCUT2D eigenvalue weighted by Crippen LogP contribution is -2.44. The fourth-order valence-electron chi connectivity index (χ4n) is 2.99. The van der Waals surface area contributed by atoms with Crippen molar-refractivity contribution in [1.29, 1.82) is 0 Å². The van der Waals surface area contributed by atoms with Crippen LogP contribution in [0, 0.1) is 5.92 Å². The van der Waals surface area contributed by atoms with E-state index in [-0.39, 0.29) is 17.2 Å². The normalized spacial score (nSPS) is 20.4. The van der Waals surface area contributed by atoms with E-state index in [4.69, 9.17) is 5.73 Å². The van der Waals surface area contributed by atoms with Crippen molar-refractivity contribution in [2.24, 2.45) is 11.7 Å². The first-order chi connectivity index (χ1) is 8.56. The van der Waals surface area contributed by atoms with Crippen LogP contribution in [0.5, 0.6) is 0 Å². The van der Waals surface area contributed by atoms with Gasteiger partial charge in [0.05, 0.1) is 0 Å². The Bertz CT molecular complexity index is 443. The third kappa shape index (κ3) is 2.17. The monoisotopic (exact) mass is 245 g/mol. The molecule has 1 aliphatic carbocycles. The van der Waals surface area contributed by atoms with Gasteiger partial charge in [-0.05, 0) is 18.4 Å². The summed E-state index contributed by atoms with van der Waals surface area (Å²) in [6.45, 7) is 1.88. The second-order valence-corrected chi connectivity index (χ2v) is 5.18. The van der Waals surface area contributed by atoms with Gasteiger partial charge in [-0.15, -0.1) is 0 Å². The molecule has 1 fully saturated rings. The molecular weight excluding hydrogens is 226 g/mol. The lowest BCUT2D eigenvalue weighted by molar-refractivity contribution is -0.127. The van der Waals surface area contributed by atoms with Crippen molar-refractivity contribution in [3.63, 3.8) is 0 Å². The quantitative estimate of drug-likeness (QED) is 0.887. The standard InChI is InChI=1S/C15H19NO2/c1-11(14(16)18)15(9-7-13(17)8-10-15)12-5-3-2-4-6-12/h2-6,11H,7-10H2,1H3,(H2,16,18). The van der Waals surface area contributed by atoms with Crippen molar-refractivity contribution in [1.82, 2.24) is 0 Å². The number of hydrogen-bond acceptors (Lipinski definition) is 2. The van der Waals surface area contributed by atoms with E-state index in [0.29, 0.717) is 18.6 Å². The SMILES string of the molecule is CC(C(N)=O)C1(c2ccccc2)CCC(=O)CC1. The van der Waals surface area contributed by atoms with Gasteiger partial charge in [-0.1, -0.05) is 37.3 Å². The predicted molar refractivity (Wildman–Crippen MR) is 70.0 cm³/mol. The fourth-order valence-corrected chi connectivity index (χ4v) is 2.99. The summed E-state index contributed by atoms with van der Waals surface area (Å²) in [5.41, 5.74) is 6.37. The van der Waals surface area contributed by atoms with Gasteiger partial charge in [-0.2, -0.15) is 0 Å². The first-order valence-electron chi connectivity index (χ1n) is 6.43. The van der Waals surface area contributed by atoms with Gasteiger partial charge in [0.1, 0.15) is 5.78 Å². The number of carbonyl (C=O) groups excluding carboxylic acids is 2. The van der Waals surface area contributed by atoms with Gasteiger partial charge in [0, 0.05) is 24.2 Å². The lowest BCUT2D eigenvalue weighted by atomic mass is 9.62. The van der Waals surface area contributed by atoms with E-state index in [2.05, 4.69) is 0 Å². The molecule has 1 aliphatic rings. The highest BCUT2D eigenvalue weighted by molar-refractivity contribution is 5.82. The number of nitrogens with two attached hydrogens (primary N) is 1. The molecule has 1 saturated carbocycles. The van der Waals surface area contributed by atoms with Crippen LogP contribution in [-0.4, -0.2) is 11.7 Å². The average Bonchev–Trinajstić information content (AvgIpc) is 2.40. The summed E-state index contributed by atoms with van der Waals surface area (Å²) >= 11 is 0. The summed E-state index contributed by atoms with van der Waals surface area (Å²) in [5, 5.41) is 0. The molecule has 1 aromatic rings. The number of primary amides is 1. The third-order valence-corrected chi connectivity index (χ3v) is 4.30. The van der Waals surface area contributed by atoms with Gasteiger partial charge in [-0.25, -0.2) is 0 Å². The summed E-state index contributed by atoms with van der Waals surface area (Å²) in [5.74, 6) is -0.237. The summed E-state index contributed by atoms with van der Waals surface area (Å²) in [7, 11) is 0. The van der Waals surface area contributed by atoms with Crippen molar-refractivity contribution >= 4 is 11.7 Å². The number of carbonyl (C=O) groups is 2. The van der Waals surface area contributed by atoms with E-state index in [9.17, 15) is 9.59 Å². The van der Waals surface area contributed by atoms with E-state index in [0.717, 1.165) is 18.4 Å². The number of ketones is 1. The van der Waals surface area contributed by atoms with Crippen molar-refractivity contribution in [3.8, 4) is 0 Å². The van der Waals surface area contributed by atoms with Crippen LogP contribution < -0.4 is 5.73 Å². The van der Waals surface area contributed by atoms with Crippen molar-refractivity contribution in [3.05, 3.63) is 35.9 Å². The van der Waals surface area contributed by atoms with E-state index in [1.807, 2.05) is 37.3 Å². The molecule has 0 heterocycles. The molecule has 1 amide bonds. The van der Waals surface area contributed by atoms with E-state index in [1.165, 1.54) is 0 Å². The molecule has 0 radical (unpaired) electrons. The van der Waals surface area contributed by atoms with Gasteiger partial charge in [0.2, 0.25) is 5.91 Å². The van der Waals surface area contributed by atoms with Crippen molar-refractivity contribution in [2.75, 3.05) is 0 Å². The van der Waals surface area contributed by atoms with Crippen LogP contribution in [0.4, 0.5) is 0 Å². The average molecular weight is 245 g/mol. The highest BCUT2D eigenvalue weighted by Crippen LogP contribution is 2.44. The summed E-state index contributed by atoms with van der Waals surface area (Å²) in [6, 6.07) is 9.98. The highest BCUT2D eigenvalue weighted by atomic mass is 16.1. The first kappa shape index (κ1) is 12.8. The van der Waals surface area contributed by atoms with Gasteiger partial charge < -0.3 is 5.73 Å². The Morgan fingerprint density at radius 3 is 2.28 bits per heavy atom. The minimum atomic E-state index is -0.284. The molecule has 96 valence electrons. The second-order valence-electron chi connectivity index (χ2n) is 5.18. The molecule has 2 rings (SSSR count). The molecule has 1 aromatic carbocycles. The smallest absolute Gasteiger partial charge is 0.221 e. The Balaban J connectivity index is 2.40. The highest BCUT2D eigenvalue weighted by Gasteiger charge is 2.43. The molecule has 1 unspecified atom stereocenters. The molecule has 0 saturated heterocycles. The van der Waals surface area contributed by atoms with Crippen LogP contribution in [0.1, 0.15) is 38.2 Å². The molecule has 18 heavy (non-hydrogen) atoms. The van der Waals surface area contributed by atoms with Crippen LogP contribution in [0.3, 0.4) is 0 Å². The summed E-state index contributed by atoms with van der Waals surface area (Å²) < 4.78 is 0. The first-order valence-corrected chi connectivity index (χ1v) is 6.43. The largest absolute Gasteiger partial charge is 0.369 e. The molecule has 3 heteroatoms. The third-order valence-electron chi connectivity index (χ3n) is 4.30. The Morgan fingerprint density at radius 1 is 1.22 bits per heavy atom. The Labute approximate surface area is 107 Å².